The van der Waals surface area contributed by atoms with E-state index in [1.54, 1.807) is 45.2 Å². The maximum absolute atomic E-state index is 11.7. The van der Waals surface area contributed by atoms with E-state index in [1.807, 2.05) is 6.07 Å². The number of nitriles is 3. The fourth-order valence-electron chi connectivity index (χ4n) is 4.00. The molecular formula is C33H42F3N7O14S. The van der Waals surface area contributed by atoms with Crippen molar-refractivity contribution in [3.8, 4) is 29.7 Å². The number of halogens is 3. The van der Waals surface area contributed by atoms with Gasteiger partial charge in [0.2, 0.25) is 6.10 Å². The second kappa shape index (κ2) is 27.0. The fraction of sp³-hybridized carbons (Fsp3) is 0.515. The molecule has 1 heterocycles. The van der Waals surface area contributed by atoms with Crippen LogP contribution in [0.1, 0.15) is 11.1 Å². The first kappa shape index (κ1) is 52.3. The lowest BCUT2D eigenvalue weighted by Crippen LogP contribution is -2.39. The van der Waals surface area contributed by atoms with E-state index in [4.69, 9.17) is 39.8 Å². The van der Waals surface area contributed by atoms with Crippen LogP contribution in [0.4, 0.5) is 24.5 Å². The number of ether oxygens (including phenoxy) is 6. The summed E-state index contributed by atoms with van der Waals surface area (Å²) in [6.07, 6.45) is -3.93. The highest BCUT2D eigenvalue weighted by molar-refractivity contribution is 7.87. The fourth-order valence-corrected chi connectivity index (χ4v) is 4.52. The van der Waals surface area contributed by atoms with Crippen molar-refractivity contribution in [1.82, 2.24) is 5.32 Å². The third kappa shape index (κ3) is 18.5. The zero-order chi connectivity index (χ0) is 44.5. The molecule has 0 aromatic heterocycles. The quantitative estimate of drug-likeness (QED) is 0.0760. The molecule has 0 aliphatic carbocycles. The molecule has 4 unspecified atom stereocenters. The maximum atomic E-state index is 11.7. The predicted molar refractivity (Wildman–Crippen MR) is 195 cm³/mol. The summed E-state index contributed by atoms with van der Waals surface area (Å²) in [6, 6.07) is 14.0. The first-order valence-corrected chi connectivity index (χ1v) is 17.6. The van der Waals surface area contributed by atoms with Crippen molar-refractivity contribution in [2.24, 2.45) is 4.99 Å². The van der Waals surface area contributed by atoms with E-state index in [1.165, 1.54) is 38.5 Å². The Morgan fingerprint density at radius 2 is 1.28 bits per heavy atom. The molecule has 1 aliphatic heterocycles. The molecule has 58 heavy (non-hydrogen) atoms. The predicted octanol–water partition coefficient (Wildman–Crippen LogP) is 3.03. The summed E-state index contributed by atoms with van der Waals surface area (Å²) in [5.74, 6) is 1.51. The van der Waals surface area contributed by atoms with Crippen molar-refractivity contribution in [2.45, 2.75) is 43.8 Å². The van der Waals surface area contributed by atoms with E-state index < -0.39 is 50.4 Å². The number of hydrogen-bond donors (Lipinski definition) is 2. The Bertz CT molecular complexity index is 1880. The maximum Gasteiger partial charge on any atom is 0.523 e. The van der Waals surface area contributed by atoms with Crippen LogP contribution >= 0.6 is 0 Å². The molecular weight excluding hydrogens is 807 g/mol. The monoisotopic (exact) mass is 849 g/mol. The summed E-state index contributed by atoms with van der Waals surface area (Å²) in [5.41, 5.74) is -4.63. The molecule has 2 N–H and O–H groups in total. The number of alkyl halides is 3. The molecule has 0 fully saturated rings. The number of nitrogens with zero attached hydrogens (tertiary/aromatic N) is 6. The van der Waals surface area contributed by atoms with Crippen LogP contribution in [0.25, 0.3) is 0 Å². The van der Waals surface area contributed by atoms with Gasteiger partial charge in [-0.05, 0) is 26.0 Å². The Morgan fingerprint density at radius 3 is 1.64 bits per heavy atom. The molecule has 320 valence electrons. The molecule has 0 saturated carbocycles. The van der Waals surface area contributed by atoms with Crippen molar-refractivity contribution in [3.05, 3.63) is 67.8 Å². The first-order chi connectivity index (χ1) is 27.3. The van der Waals surface area contributed by atoms with E-state index in [-0.39, 0.29) is 30.7 Å². The van der Waals surface area contributed by atoms with Crippen molar-refractivity contribution >= 4 is 27.3 Å². The van der Waals surface area contributed by atoms with Gasteiger partial charge in [-0.15, -0.1) is 0 Å². The normalized spacial score (nSPS) is 13.8. The molecule has 2 aromatic rings. The van der Waals surface area contributed by atoms with Crippen LogP contribution in [0.2, 0.25) is 0 Å². The number of methoxy groups -OCH3 is 4. The van der Waals surface area contributed by atoms with Crippen LogP contribution in [-0.2, 0) is 33.2 Å². The smallest absolute Gasteiger partial charge is 0.480 e. The number of nitro benzene ring substituents is 2. The van der Waals surface area contributed by atoms with Gasteiger partial charge in [0.15, 0.2) is 18.3 Å². The van der Waals surface area contributed by atoms with Crippen molar-refractivity contribution in [2.75, 3.05) is 68.0 Å². The standard InChI is InChI=1S/C13H17N3O4.C11H12N2O4.C5H6F3NO4S.C4H7NO2/c1-9-10(16(17)18)4-3-5-11(9)20-12(8-19-2)13-14-6-7-15-13;1-8-10(13(14)15)4-3-5-11(8)17-9(6-12)7-16-2;1-12-3-4(2-9)13-14(10,11)5(6,7)8;1-7-3-4(6)2-5/h3-5,12H,6-8H2,1-2H3,(H,14,15);3-5,9H,7H2,1-2H3;4H,3H2,1H3;4,6H,3H2,1H3. The number of aliphatic hydroxyl groups excluding tert-OH is 1. The van der Waals surface area contributed by atoms with Gasteiger partial charge in [-0.1, -0.05) is 12.1 Å². The third-order valence-electron chi connectivity index (χ3n) is 6.69. The summed E-state index contributed by atoms with van der Waals surface area (Å²) in [4.78, 5) is 25.0. The lowest BCUT2D eigenvalue weighted by molar-refractivity contribution is -0.385. The molecule has 1 aliphatic rings. The lowest BCUT2D eigenvalue weighted by atomic mass is 10.2. The summed E-state index contributed by atoms with van der Waals surface area (Å²) in [5, 5.41) is 58.0. The van der Waals surface area contributed by atoms with Gasteiger partial charge in [0.05, 0.1) is 66.1 Å². The summed E-state index contributed by atoms with van der Waals surface area (Å²) in [6.45, 7) is 4.69. The molecule has 0 amide bonds. The minimum Gasteiger partial charge on any atom is -0.480 e. The highest BCUT2D eigenvalue weighted by atomic mass is 32.2. The minimum absolute atomic E-state index is 0.0309. The third-order valence-corrected chi connectivity index (χ3v) is 7.74. The number of hydrogen-bond acceptors (Lipinski definition) is 19. The number of aliphatic hydroxyl groups is 1. The second-order valence-corrected chi connectivity index (χ2v) is 12.5. The van der Waals surface area contributed by atoms with Crippen LogP contribution in [0.3, 0.4) is 0 Å². The minimum atomic E-state index is -5.73. The zero-order valence-electron chi connectivity index (χ0n) is 32.0. The Kier molecular flexibility index (Phi) is 24.3. The lowest BCUT2D eigenvalue weighted by Gasteiger charge is -2.19. The Balaban J connectivity index is 0.000000787. The molecule has 25 heteroatoms. The molecule has 21 nitrogen and oxygen atoms in total. The molecule has 0 bridgehead atoms. The number of nitrogens with one attached hydrogen (secondary N) is 1. The van der Waals surface area contributed by atoms with E-state index in [2.05, 4.69) is 24.0 Å². The first-order valence-electron chi connectivity index (χ1n) is 16.2. The van der Waals surface area contributed by atoms with Crippen LogP contribution in [0.5, 0.6) is 11.5 Å². The molecule has 2 aromatic carbocycles. The van der Waals surface area contributed by atoms with Gasteiger partial charge in [-0.2, -0.15) is 37.4 Å². The van der Waals surface area contributed by atoms with Crippen molar-refractivity contribution < 1.29 is 69.1 Å². The van der Waals surface area contributed by atoms with Crippen molar-refractivity contribution in [3.63, 3.8) is 0 Å². The number of nitro groups is 2. The van der Waals surface area contributed by atoms with Gasteiger partial charge in [-0.3, -0.25) is 25.2 Å². The van der Waals surface area contributed by atoms with E-state index in [9.17, 15) is 41.8 Å². The zero-order valence-corrected chi connectivity index (χ0v) is 32.8. The van der Waals surface area contributed by atoms with Crippen LogP contribution in [0, 0.1) is 68.1 Å². The van der Waals surface area contributed by atoms with Crippen LogP contribution < -0.4 is 14.8 Å². The Hall–Kier alpha value is -5.72. The van der Waals surface area contributed by atoms with Crippen molar-refractivity contribution in [1.29, 1.82) is 15.8 Å². The van der Waals surface area contributed by atoms with Crippen LogP contribution in [0.15, 0.2) is 41.4 Å². The van der Waals surface area contributed by atoms with Gasteiger partial charge >= 0.3 is 15.6 Å². The van der Waals surface area contributed by atoms with E-state index in [0.717, 1.165) is 19.5 Å². The van der Waals surface area contributed by atoms with Crippen LogP contribution in [-0.4, -0.2) is 127 Å². The summed E-state index contributed by atoms with van der Waals surface area (Å²) in [7, 11) is -0.184. The molecule has 3 rings (SSSR count). The highest BCUT2D eigenvalue weighted by Gasteiger charge is 2.48. The van der Waals surface area contributed by atoms with E-state index >= 15 is 0 Å². The number of aliphatic imine (C=N–C) groups is 1. The number of rotatable bonds is 17. The highest BCUT2D eigenvalue weighted by Crippen LogP contribution is 2.29. The molecule has 0 saturated heterocycles. The average Bonchev–Trinajstić information content (AvgIpc) is 3.71. The van der Waals surface area contributed by atoms with Gasteiger partial charge in [-0.25, -0.2) is 4.18 Å². The summed E-state index contributed by atoms with van der Waals surface area (Å²) < 4.78 is 89.2. The summed E-state index contributed by atoms with van der Waals surface area (Å²) >= 11 is 0. The van der Waals surface area contributed by atoms with Gasteiger partial charge in [0, 0.05) is 47.1 Å². The molecule has 0 spiro atoms. The largest absolute Gasteiger partial charge is 0.523 e. The molecule has 4 atom stereocenters. The number of benzene rings is 2. The van der Waals surface area contributed by atoms with Gasteiger partial charge in [0.25, 0.3) is 11.4 Å². The SMILES string of the molecule is COCC(C#N)OS(=O)(=O)C(F)(F)F.COCC(C#N)Oc1cccc([N+](=O)[O-])c1C.COCC(O)C#N.COCC(Oc1cccc([N+](=O)[O-])c1C)C1=NCCN1. The Morgan fingerprint density at radius 1 is 0.810 bits per heavy atom. The number of amidine groups is 1. The molecule has 0 radical (unpaired) electrons. The van der Waals surface area contributed by atoms with Gasteiger partial charge in [0.1, 0.15) is 23.4 Å². The topological polar surface area (TPSA) is 301 Å². The second-order valence-electron chi connectivity index (χ2n) is 10.9. The Labute approximate surface area is 331 Å². The van der Waals surface area contributed by atoms with E-state index in [0.29, 0.717) is 35.8 Å². The average molecular weight is 850 g/mol. The van der Waals surface area contributed by atoms with Gasteiger partial charge < -0.3 is 38.8 Å².